The van der Waals surface area contributed by atoms with Crippen molar-refractivity contribution in [3.8, 4) is 17.0 Å². The summed E-state index contributed by atoms with van der Waals surface area (Å²) in [4.78, 5) is 8.93. The van der Waals surface area contributed by atoms with Crippen molar-refractivity contribution in [3.05, 3.63) is 41.9 Å². The van der Waals surface area contributed by atoms with Gasteiger partial charge in [0.15, 0.2) is 0 Å². The van der Waals surface area contributed by atoms with Gasteiger partial charge in [-0.05, 0) is 32.2 Å². The van der Waals surface area contributed by atoms with Crippen LogP contribution in [0.2, 0.25) is 0 Å². The maximum absolute atomic E-state index is 5.23. The molecule has 0 saturated carbocycles. The van der Waals surface area contributed by atoms with E-state index < -0.39 is 0 Å². The van der Waals surface area contributed by atoms with Crippen LogP contribution in [0.25, 0.3) is 11.3 Å². The molecule has 1 heterocycles. The fourth-order valence-electron chi connectivity index (χ4n) is 1.80. The van der Waals surface area contributed by atoms with Crippen LogP contribution in [0, 0.1) is 6.92 Å². The summed E-state index contributed by atoms with van der Waals surface area (Å²) in [7, 11) is 3.55. The Balaban J connectivity index is 2.42. The van der Waals surface area contributed by atoms with E-state index in [-0.39, 0.29) is 0 Å². The fourth-order valence-corrected chi connectivity index (χ4v) is 1.80. The molecule has 4 heteroatoms. The van der Waals surface area contributed by atoms with Crippen LogP contribution in [0.3, 0.4) is 0 Å². The molecule has 1 aromatic carbocycles. The Morgan fingerprint density at radius 1 is 1.22 bits per heavy atom. The van der Waals surface area contributed by atoms with E-state index in [0.717, 1.165) is 28.5 Å². The van der Waals surface area contributed by atoms with Crippen LogP contribution in [0.1, 0.15) is 11.5 Å². The molecule has 1 aromatic heterocycles. The van der Waals surface area contributed by atoms with Crippen molar-refractivity contribution in [3.63, 3.8) is 0 Å². The number of hydrogen-bond donors (Lipinski definition) is 1. The molecule has 2 aromatic rings. The second-order valence-corrected chi connectivity index (χ2v) is 4.07. The monoisotopic (exact) mass is 243 g/mol. The second kappa shape index (κ2) is 5.60. The number of methoxy groups -OCH3 is 1. The van der Waals surface area contributed by atoms with E-state index in [1.807, 2.05) is 44.3 Å². The summed E-state index contributed by atoms with van der Waals surface area (Å²) in [6, 6.07) is 9.86. The molecular weight excluding hydrogens is 226 g/mol. The summed E-state index contributed by atoms with van der Waals surface area (Å²) in [5.74, 6) is 1.63. The summed E-state index contributed by atoms with van der Waals surface area (Å²) in [6.07, 6.45) is 0. The lowest BCUT2D eigenvalue weighted by Crippen LogP contribution is -2.10. The van der Waals surface area contributed by atoms with E-state index in [1.54, 1.807) is 7.11 Å². The fraction of sp³-hybridized carbons (Fsp3) is 0.286. The number of nitrogens with one attached hydrogen (secondary N) is 1. The second-order valence-electron chi connectivity index (χ2n) is 4.07. The van der Waals surface area contributed by atoms with Gasteiger partial charge in [0.2, 0.25) is 0 Å². The molecule has 2 rings (SSSR count). The maximum Gasteiger partial charge on any atom is 0.143 e. The zero-order valence-corrected chi connectivity index (χ0v) is 10.9. The summed E-state index contributed by atoms with van der Waals surface area (Å²) in [5, 5.41) is 3.06. The lowest BCUT2D eigenvalue weighted by Gasteiger charge is -2.07. The standard InChI is InChI=1S/C14H17N3O/c1-10-7-13(17-14(16-10)9-15-2)11-5-4-6-12(8-11)18-3/h4-8,15H,9H2,1-3H3. The third-order valence-corrected chi connectivity index (χ3v) is 2.60. The summed E-state index contributed by atoms with van der Waals surface area (Å²) >= 11 is 0. The van der Waals surface area contributed by atoms with Gasteiger partial charge < -0.3 is 10.1 Å². The first-order valence-electron chi connectivity index (χ1n) is 5.86. The molecule has 0 amide bonds. The van der Waals surface area contributed by atoms with E-state index in [9.17, 15) is 0 Å². The highest BCUT2D eigenvalue weighted by Crippen LogP contribution is 2.22. The molecule has 0 radical (unpaired) electrons. The molecule has 0 saturated heterocycles. The van der Waals surface area contributed by atoms with Crippen LogP contribution in [-0.2, 0) is 6.54 Å². The number of ether oxygens (including phenoxy) is 1. The molecular formula is C14H17N3O. The van der Waals surface area contributed by atoms with Crippen molar-refractivity contribution in [1.29, 1.82) is 0 Å². The summed E-state index contributed by atoms with van der Waals surface area (Å²) in [5.41, 5.74) is 2.93. The molecule has 0 spiro atoms. The van der Waals surface area contributed by atoms with Crippen LogP contribution >= 0.6 is 0 Å². The Kier molecular flexibility index (Phi) is 3.89. The molecule has 94 valence electrons. The van der Waals surface area contributed by atoms with E-state index in [1.165, 1.54) is 0 Å². The average molecular weight is 243 g/mol. The summed E-state index contributed by atoms with van der Waals surface area (Å²) < 4.78 is 5.23. The van der Waals surface area contributed by atoms with Gasteiger partial charge in [-0.15, -0.1) is 0 Å². The van der Waals surface area contributed by atoms with Gasteiger partial charge in [-0.1, -0.05) is 12.1 Å². The zero-order chi connectivity index (χ0) is 13.0. The highest BCUT2D eigenvalue weighted by atomic mass is 16.5. The van der Waals surface area contributed by atoms with E-state index in [2.05, 4.69) is 15.3 Å². The van der Waals surface area contributed by atoms with Crippen LogP contribution in [-0.4, -0.2) is 24.1 Å². The molecule has 1 N–H and O–H groups in total. The van der Waals surface area contributed by atoms with Gasteiger partial charge in [0.05, 0.1) is 19.3 Å². The quantitative estimate of drug-likeness (QED) is 0.894. The first-order chi connectivity index (χ1) is 8.72. The number of hydrogen-bond acceptors (Lipinski definition) is 4. The van der Waals surface area contributed by atoms with Crippen molar-refractivity contribution in [2.75, 3.05) is 14.2 Å². The largest absolute Gasteiger partial charge is 0.497 e. The third-order valence-electron chi connectivity index (χ3n) is 2.60. The van der Waals surface area contributed by atoms with Crippen molar-refractivity contribution in [2.24, 2.45) is 0 Å². The molecule has 0 atom stereocenters. The molecule has 18 heavy (non-hydrogen) atoms. The smallest absolute Gasteiger partial charge is 0.143 e. The first-order valence-corrected chi connectivity index (χ1v) is 5.86. The number of nitrogens with zero attached hydrogens (tertiary/aromatic N) is 2. The van der Waals surface area contributed by atoms with Gasteiger partial charge in [0, 0.05) is 11.3 Å². The molecule has 0 aliphatic heterocycles. The van der Waals surface area contributed by atoms with E-state index in [4.69, 9.17) is 4.74 Å². The number of rotatable bonds is 4. The lowest BCUT2D eigenvalue weighted by molar-refractivity contribution is 0.415. The average Bonchev–Trinajstić information content (AvgIpc) is 2.38. The van der Waals surface area contributed by atoms with Crippen molar-refractivity contribution in [2.45, 2.75) is 13.5 Å². The molecule has 0 fully saturated rings. The van der Waals surface area contributed by atoms with Crippen LogP contribution in [0.5, 0.6) is 5.75 Å². The highest BCUT2D eigenvalue weighted by Gasteiger charge is 2.05. The van der Waals surface area contributed by atoms with Gasteiger partial charge in [-0.25, -0.2) is 9.97 Å². The minimum atomic E-state index is 0.665. The topological polar surface area (TPSA) is 47.0 Å². The SMILES string of the molecule is CNCc1nc(C)cc(-c2cccc(OC)c2)n1. The van der Waals surface area contributed by atoms with E-state index >= 15 is 0 Å². The van der Waals surface area contributed by atoms with Crippen LogP contribution in [0.15, 0.2) is 30.3 Å². The normalized spacial score (nSPS) is 10.4. The Bertz CT molecular complexity index is 540. The van der Waals surface area contributed by atoms with Gasteiger partial charge in [-0.3, -0.25) is 0 Å². The Labute approximate surface area is 107 Å². The molecule has 4 nitrogen and oxygen atoms in total. The number of benzene rings is 1. The predicted octanol–water partition coefficient (Wildman–Crippen LogP) is 2.18. The van der Waals surface area contributed by atoms with Gasteiger partial charge in [0.25, 0.3) is 0 Å². The Morgan fingerprint density at radius 2 is 2.06 bits per heavy atom. The van der Waals surface area contributed by atoms with Crippen LogP contribution in [0.4, 0.5) is 0 Å². The van der Waals surface area contributed by atoms with E-state index in [0.29, 0.717) is 6.54 Å². The maximum atomic E-state index is 5.23. The van der Waals surface area contributed by atoms with Crippen LogP contribution < -0.4 is 10.1 Å². The number of aromatic nitrogens is 2. The first kappa shape index (κ1) is 12.5. The molecule has 0 bridgehead atoms. The summed E-state index contributed by atoms with van der Waals surface area (Å²) in [6.45, 7) is 2.64. The zero-order valence-electron chi connectivity index (χ0n) is 10.9. The Hall–Kier alpha value is -1.94. The van der Waals surface area contributed by atoms with Gasteiger partial charge in [-0.2, -0.15) is 0 Å². The lowest BCUT2D eigenvalue weighted by atomic mass is 10.1. The molecule has 0 aliphatic carbocycles. The minimum Gasteiger partial charge on any atom is -0.497 e. The molecule has 0 unspecified atom stereocenters. The number of aryl methyl sites for hydroxylation is 1. The highest BCUT2D eigenvalue weighted by molar-refractivity contribution is 5.61. The van der Waals surface area contributed by atoms with Gasteiger partial charge >= 0.3 is 0 Å². The predicted molar refractivity (Wildman–Crippen MR) is 71.5 cm³/mol. The van der Waals surface area contributed by atoms with Gasteiger partial charge in [0.1, 0.15) is 11.6 Å². The third kappa shape index (κ3) is 2.84. The van der Waals surface area contributed by atoms with Crippen molar-refractivity contribution in [1.82, 2.24) is 15.3 Å². The molecule has 0 aliphatic rings. The van der Waals surface area contributed by atoms with Crippen molar-refractivity contribution < 1.29 is 4.74 Å². The van der Waals surface area contributed by atoms with Crippen molar-refractivity contribution >= 4 is 0 Å². The minimum absolute atomic E-state index is 0.665. The Morgan fingerprint density at radius 3 is 2.78 bits per heavy atom.